The molecule has 0 bridgehead atoms. The van der Waals surface area contributed by atoms with Gasteiger partial charge in [0.2, 0.25) is 5.91 Å². The standard InChI is InChI=1S/C12H14FNO2/c1-3-4-12(16)10-6-5-9(7-11(10)13)14-8(2)15/h5-7H,3-4H2,1-2H3,(H,14,15). The summed E-state index contributed by atoms with van der Waals surface area (Å²) in [6.45, 7) is 3.20. The summed E-state index contributed by atoms with van der Waals surface area (Å²) in [6, 6.07) is 4.08. The molecule has 0 aliphatic heterocycles. The van der Waals surface area contributed by atoms with E-state index in [4.69, 9.17) is 0 Å². The number of nitrogens with one attached hydrogen (secondary N) is 1. The molecule has 0 unspecified atom stereocenters. The molecule has 3 nitrogen and oxygen atoms in total. The van der Waals surface area contributed by atoms with E-state index in [-0.39, 0.29) is 17.3 Å². The van der Waals surface area contributed by atoms with Gasteiger partial charge in [-0.05, 0) is 24.6 Å². The second kappa shape index (κ2) is 5.39. The normalized spacial score (nSPS) is 9.94. The minimum Gasteiger partial charge on any atom is -0.326 e. The van der Waals surface area contributed by atoms with Crippen LogP contribution >= 0.6 is 0 Å². The fourth-order valence-electron chi connectivity index (χ4n) is 1.38. The average Bonchev–Trinajstić information content (AvgIpc) is 2.16. The smallest absolute Gasteiger partial charge is 0.221 e. The molecule has 0 aromatic heterocycles. The highest BCUT2D eigenvalue weighted by Crippen LogP contribution is 2.16. The number of amides is 1. The number of benzene rings is 1. The van der Waals surface area contributed by atoms with Crippen LogP contribution in [-0.2, 0) is 4.79 Å². The van der Waals surface area contributed by atoms with Crippen molar-refractivity contribution in [3.05, 3.63) is 29.6 Å². The lowest BCUT2D eigenvalue weighted by molar-refractivity contribution is -0.114. The van der Waals surface area contributed by atoms with Gasteiger partial charge < -0.3 is 5.32 Å². The molecule has 1 amide bonds. The van der Waals surface area contributed by atoms with E-state index in [0.29, 0.717) is 18.5 Å². The van der Waals surface area contributed by atoms with Crippen molar-refractivity contribution in [2.24, 2.45) is 0 Å². The molecule has 0 saturated carbocycles. The third kappa shape index (κ3) is 3.15. The SMILES string of the molecule is CCCC(=O)c1ccc(NC(C)=O)cc1F. The van der Waals surface area contributed by atoms with Crippen LogP contribution in [0.2, 0.25) is 0 Å². The van der Waals surface area contributed by atoms with Crippen LogP contribution in [0.15, 0.2) is 18.2 Å². The first kappa shape index (κ1) is 12.4. The number of hydrogen-bond acceptors (Lipinski definition) is 2. The van der Waals surface area contributed by atoms with Gasteiger partial charge in [-0.3, -0.25) is 9.59 Å². The van der Waals surface area contributed by atoms with Crippen LogP contribution in [0.5, 0.6) is 0 Å². The predicted molar refractivity (Wildman–Crippen MR) is 59.9 cm³/mol. The van der Waals surface area contributed by atoms with Crippen molar-refractivity contribution in [2.45, 2.75) is 26.7 Å². The number of Topliss-reactive ketones (excluding diaryl/α,β-unsaturated/α-hetero) is 1. The van der Waals surface area contributed by atoms with Gasteiger partial charge in [-0.15, -0.1) is 0 Å². The molecular formula is C12H14FNO2. The Hall–Kier alpha value is -1.71. The third-order valence-corrected chi connectivity index (χ3v) is 2.07. The summed E-state index contributed by atoms with van der Waals surface area (Å²) in [6.07, 6.45) is 1.02. The molecule has 0 heterocycles. The molecule has 0 atom stereocenters. The van der Waals surface area contributed by atoms with Gasteiger partial charge in [0.1, 0.15) is 5.82 Å². The average molecular weight is 223 g/mol. The first-order chi connectivity index (χ1) is 7.54. The molecular weight excluding hydrogens is 209 g/mol. The summed E-state index contributed by atoms with van der Waals surface area (Å²) >= 11 is 0. The van der Waals surface area contributed by atoms with Gasteiger partial charge in [-0.2, -0.15) is 0 Å². The molecule has 86 valence electrons. The molecule has 1 aromatic carbocycles. The van der Waals surface area contributed by atoms with Gasteiger partial charge in [-0.25, -0.2) is 4.39 Å². The van der Waals surface area contributed by atoms with E-state index >= 15 is 0 Å². The van der Waals surface area contributed by atoms with E-state index in [1.165, 1.54) is 19.1 Å². The Morgan fingerprint density at radius 3 is 2.56 bits per heavy atom. The summed E-state index contributed by atoms with van der Waals surface area (Å²) < 4.78 is 13.5. The number of carbonyl (C=O) groups is 2. The molecule has 0 fully saturated rings. The Labute approximate surface area is 93.7 Å². The van der Waals surface area contributed by atoms with E-state index in [2.05, 4.69) is 5.32 Å². The predicted octanol–water partition coefficient (Wildman–Crippen LogP) is 2.77. The molecule has 1 N–H and O–H groups in total. The Morgan fingerprint density at radius 1 is 1.38 bits per heavy atom. The highest BCUT2D eigenvalue weighted by Gasteiger charge is 2.11. The maximum atomic E-state index is 13.5. The van der Waals surface area contributed by atoms with E-state index < -0.39 is 5.82 Å². The number of ketones is 1. The molecule has 1 rings (SSSR count). The number of rotatable bonds is 4. The van der Waals surface area contributed by atoms with Gasteiger partial charge in [0, 0.05) is 19.0 Å². The monoisotopic (exact) mass is 223 g/mol. The first-order valence-corrected chi connectivity index (χ1v) is 5.15. The van der Waals surface area contributed by atoms with Gasteiger partial charge in [0.25, 0.3) is 0 Å². The molecule has 0 radical (unpaired) electrons. The van der Waals surface area contributed by atoms with Crippen molar-refractivity contribution in [1.29, 1.82) is 0 Å². The van der Waals surface area contributed by atoms with E-state index in [0.717, 1.165) is 6.07 Å². The Bertz CT molecular complexity index is 415. The zero-order chi connectivity index (χ0) is 12.1. The number of halogens is 1. The van der Waals surface area contributed by atoms with Crippen molar-refractivity contribution >= 4 is 17.4 Å². The Kier molecular flexibility index (Phi) is 4.17. The second-order valence-electron chi connectivity index (χ2n) is 3.55. The maximum absolute atomic E-state index is 13.5. The van der Waals surface area contributed by atoms with E-state index in [9.17, 15) is 14.0 Å². The minimum atomic E-state index is -0.593. The molecule has 1 aromatic rings. The Morgan fingerprint density at radius 2 is 2.06 bits per heavy atom. The number of carbonyl (C=O) groups excluding carboxylic acids is 2. The third-order valence-electron chi connectivity index (χ3n) is 2.07. The minimum absolute atomic E-state index is 0.0796. The zero-order valence-electron chi connectivity index (χ0n) is 9.34. The zero-order valence-corrected chi connectivity index (χ0v) is 9.34. The van der Waals surface area contributed by atoms with Gasteiger partial charge in [-0.1, -0.05) is 6.92 Å². The number of anilines is 1. The van der Waals surface area contributed by atoms with Crippen LogP contribution in [0.3, 0.4) is 0 Å². The van der Waals surface area contributed by atoms with Gasteiger partial charge in [0.15, 0.2) is 5.78 Å². The fourth-order valence-corrected chi connectivity index (χ4v) is 1.38. The van der Waals surface area contributed by atoms with Crippen LogP contribution in [0.4, 0.5) is 10.1 Å². The summed E-state index contributed by atoms with van der Waals surface area (Å²) in [5.41, 5.74) is 0.439. The molecule has 0 aliphatic rings. The van der Waals surface area contributed by atoms with Crippen LogP contribution < -0.4 is 5.32 Å². The lowest BCUT2D eigenvalue weighted by Crippen LogP contribution is -2.07. The highest BCUT2D eigenvalue weighted by atomic mass is 19.1. The lowest BCUT2D eigenvalue weighted by atomic mass is 10.1. The van der Waals surface area contributed by atoms with Crippen molar-refractivity contribution in [3.8, 4) is 0 Å². The lowest BCUT2D eigenvalue weighted by Gasteiger charge is -2.05. The van der Waals surface area contributed by atoms with E-state index in [1.807, 2.05) is 6.92 Å². The van der Waals surface area contributed by atoms with Crippen molar-refractivity contribution in [3.63, 3.8) is 0 Å². The largest absolute Gasteiger partial charge is 0.326 e. The van der Waals surface area contributed by atoms with Crippen LogP contribution in [0.25, 0.3) is 0 Å². The first-order valence-electron chi connectivity index (χ1n) is 5.15. The molecule has 0 saturated heterocycles. The molecule has 16 heavy (non-hydrogen) atoms. The van der Waals surface area contributed by atoms with Gasteiger partial charge in [0.05, 0.1) is 5.56 Å². The summed E-state index contributed by atoms with van der Waals surface area (Å²) in [5, 5.41) is 2.45. The fraction of sp³-hybridized carbons (Fsp3) is 0.333. The highest BCUT2D eigenvalue weighted by molar-refractivity contribution is 5.97. The molecule has 4 heteroatoms. The summed E-state index contributed by atoms with van der Waals surface area (Å²) in [5.74, 6) is -1.08. The van der Waals surface area contributed by atoms with E-state index in [1.54, 1.807) is 0 Å². The summed E-state index contributed by atoms with van der Waals surface area (Å²) in [4.78, 5) is 22.2. The molecule has 0 spiro atoms. The second-order valence-corrected chi connectivity index (χ2v) is 3.55. The van der Waals surface area contributed by atoms with Crippen molar-refractivity contribution in [1.82, 2.24) is 0 Å². The van der Waals surface area contributed by atoms with Crippen LogP contribution in [0, 0.1) is 5.82 Å². The Balaban J connectivity index is 2.91. The number of hydrogen-bond donors (Lipinski definition) is 1. The quantitative estimate of drug-likeness (QED) is 0.798. The van der Waals surface area contributed by atoms with Crippen molar-refractivity contribution < 1.29 is 14.0 Å². The van der Waals surface area contributed by atoms with Crippen molar-refractivity contribution in [2.75, 3.05) is 5.32 Å². The summed E-state index contributed by atoms with van der Waals surface area (Å²) in [7, 11) is 0. The topological polar surface area (TPSA) is 46.2 Å². The van der Waals surface area contributed by atoms with Gasteiger partial charge >= 0.3 is 0 Å². The van der Waals surface area contributed by atoms with Crippen LogP contribution in [-0.4, -0.2) is 11.7 Å². The van der Waals surface area contributed by atoms with Crippen LogP contribution in [0.1, 0.15) is 37.0 Å². The maximum Gasteiger partial charge on any atom is 0.221 e. The molecule has 0 aliphatic carbocycles.